The molecule has 4 rings (SSSR count). The van der Waals surface area contributed by atoms with E-state index in [0.29, 0.717) is 11.8 Å². The summed E-state index contributed by atoms with van der Waals surface area (Å²) in [5, 5.41) is 2.66. The third-order valence-electron chi connectivity index (χ3n) is 5.58. The first-order chi connectivity index (χ1) is 12.3. The third-order valence-corrected chi connectivity index (χ3v) is 5.58. The molecule has 26 heavy (non-hydrogen) atoms. The Labute approximate surface area is 162 Å². The minimum absolute atomic E-state index is 0. The molecular formula is C23H27ClN2. The van der Waals surface area contributed by atoms with Crippen LogP contribution in [0.3, 0.4) is 0 Å². The smallest absolute Gasteiger partial charge is 0.00542 e. The van der Waals surface area contributed by atoms with Crippen molar-refractivity contribution in [3.05, 3.63) is 83.9 Å². The normalized spacial score (nSPS) is 20.2. The summed E-state index contributed by atoms with van der Waals surface area (Å²) in [6.45, 7) is 4.12. The Morgan fingerprint density at radius 2 is 1.58 bits per heavy atom. The van der Waals surface area contributed by atoms with Gasteiger partial charge in [0.15, 0.2) is 0 Å². The molecule has 2 N–H and O–H groups in total. The molecule has 3 aromatic rings. The predicted molar refractivity (Wildman–Crippen MR) is 113 cm³/mol. The molecule has 1 fully saturated rings. The fourth-order valence-electron chi connectivity index (χ4n) is 4.14. The maximum absolute atomic E-state index is 6.07. The lowest BCUT2D eigenvalue weighted by atomic mass is 9.89. The molecule has 2 atom stereocenters. The van der Waals surface area contributed by atoms with E-state index < -0.39 is 0 Å². The number of hydrogen-bond acceptors (Lipinski definition) is 2. The largest absolute Gasteiger partial charge is 0.330 e. The molecule has 1 aliphatic heterocycles. The van der Waals surface area contributed by atoms with Crippen LogP contribution >= 0.6 is 12.4 Å². The van der Waals surface area contributed by atoms with Gasteiger partial charge >= 0.3 is 0 Å². The van der Waals surface area contributed by atoms with Gasteiger partial charge in [-0.15, -0.1) is 12.4 Å². The number of likely N-dealkylation sites (tertiary alicyclic amines) is 1. The molecule has 136 valence electrons. The standard InChI is InChI=1S/C23H26N2.ClH/c24-15-22-16-25(17-23(22)20-7-2-1-3-8-20)13-12-18-10-11-19-6-4-5-9-21(19)14-18;/h1-11,14,22-23H,12-13,15-17,24H2;1H/t22-,23+;/m1./s1. The SMILES string of the molecule is Cl.NC[C@@H]1CN(CCc2ccc3ccccc3c2)C[C@H]1c1ccccc1. The molecule has 0 bridgehead atoms. The highest BCUT2D eigenvalue weighted by Crippen LogP contribution is 2.32. The Morgan fingerprint density at radius 1 is 0.846 bits per heavy atom. The molecule has 3 heteroatoms. The molecule has 0 radical (unpaired) electrons. The molecule has 3 aromatic carbocycles. The van der Waals surface area contributed by atoms with E-state index in [1.807, 2.05) is 0 Å². The van der Waals surface area contributed by atoms with Crippen molar-refractivity contribution in [3.63, 3.8) is 0 Å². The Morgan fingerprint density at radius 3 is 2.35 bits per heavy atom. The molecule has 0 aliphatic carbocycles. The molecule has 2 nitrogen and oxygen atoms in total. The average molecular weight is 367 g/mol. The van der Waals surface area contributed by atoms with E-state index in [2.05, 4.69) is 77.7 Å². The van der Waals surface area contributed by atoms with E-state index in [0.717, 1.165) is 32.6 Å². The lowest BCUT2D eigenvalue weighted by Gasteiger charge is -2.17. The van der Waals surface area contributed by atoms with Crippen LogP contribution in [0.1, 0.15) is 17.0 Å². The number of nitrogens with zero attached hydrogens (tertiary/aromatic N) is 1. The van der Waals surface area contributed by atoms with Crippen molar-refractivity contribution in [1.29, 1.82) is 0 Å². The van der Waals surface area contributed by atoms with Gasteiger partial charge in [-0.1, -0.05) is 72.8 Å². The van der Waals surface area contributed by atoms with Gasteiger partial charge in [-0.3, -0.25) is 0 Å². The zero-order chi connectivity index (χ0) is 17.1. The van der Waals surface area contributed by atoms with Gasteiger partial charge in [0.1, 0.15) is 0 Å². The van der Waals surface area contributed by atoms with Gasteiger partial charge in [-0.2, -0.15) is 0 Å². The number of hydrogen-bond donors (Lipinski definition) is 1. The fourth-order valence-corrected chi connectivity index (χ4v) is 4.14. The Balaban J connectivity index is 0.00000196. The van der Waals surface area contributed by atoms with Gasteiger partial charge in [0.2, 0.25) is 0 Å². The van der Waals surface area contributed by atoms with Crippen LogP contribution in [0.4, 0.5) is 0 Å². The summed E-state index contributed by atoms with van der Waals surface area (Å²) in [7, 11) is 0. The van der Waals surface area contributed by atoms with Crippen molar-refractivity contribution in [2.45, 2.75) is 12.3 Å². The highest BCUT2D eigenvalue weighted by atomic mass is 35.5. The summed E-state index contributed by atoms with van der Waals surface area (Å²) >= 11 is 0. The van der Waals surface area contributed by atoms with E-state index in [4.69, 9.17) is 5.73 Å². The number of halogens is 1. The summed E-state index contributed by atoms with van der Waals surface area (Å²) in [6.07, 6.45) is 1.10. The third kappa shape index (κ3) is 4.09. The van der Waals surface area contributed by atoms with Crippen LogP contribution in [0.2, 0.25) is 0 Å². The highest BCUT2D eigenvalue weighted by molar-refractivity contribution is 5.85. The van der Waals surface area contributed by atoms with Crippen LogP contribution in [0, 0.1) is 5.92 Å². The second-order valence-corrected chi connectivity index (χ2v) is 7.20. The topological polar surface area (TPSA) is 29.3 Å². The molecule has 1 aliphatic rings. The molecule has 0 spiro atoms. The average Bonchev–Trinajstić information content (AvgIpc) is 3.10. The minimum atomic E-state index is 0. The van der Waals surface area contributed by atoms with Crippen LogP contribution in [-0.4, -0.2) is 31.1 Å². The summed E-state index contributed by atoms with van der Waals surface area (Å²) in [6, 6.07) is 26.3. The summed E-state index contributed by atoms with van der Waals surface area (Å²) < 4.78 is 0. The van der Waals surface area contributed by atoms with E-state index in [-0.39, 0.29) is 12.4 Å². The van der Waals surface area contributed by atoms with Crippen molar-refractivity contribution in [1.82, 2.24) is 4.90 Å². The minimum Gasteiger partial charge on any atom is -0.330 e. The van der Waals surface area contributed by atoms with Crippen LogP contribution in [0.5, 0.6) is 0 Å². The van der Waals surface area contributed by atoms with Gasteiger partial charge in [0, 0.05) is 25.6 Å². The molecule has 0 unspecified atom stereocenters. The van der Waals surface area contributed by atoms with Gasteiger partial charge < -0.3 is 10.6 Å². The quantitative estimate of drug-likeness (QED) is 0.721. The van der Waals surface area contributed by atoms with Gasteiger partial charge in [0.25, 0.3) is 0 Å². The fraction of sp³-hybridized carbons (Fsp3) is 0.304. The number of benzene rings is 3. The van der Waals surface area contributed by atoms with Crippen LogP contribution in [-0.2, 0) is 6.42 Å². The zero-order valence-corrected chi connectivity index (χ0v) is 15.9. The number of fused-ring (bicyclic) bond motifs is 1. The van der Waals surface area contributed by atoms with E-state index in [9.17, 15) is 0 Å². The molecule has 0 saturated carbocycles. The second-order valence-electron chi connectivity index (χ2n) is 7.20. The first-order valence-electron chi connectivity index (χ1n) is 9.28. The molecule has 1 saturated heterocycles. The Bertz CT molecular complexity index is 834. The van der Waals surface area contributed by atoms with E-state index >= 15 is 0 Å². The molecule has 1 heterocycles. The highest BCUT2D eigenvalue weighted by Gasteiger charge is 2.32. The maximum Gasteiger partial charge on any atom is 0.00542 e. The van der Waals surface area contributed by atoms with Gasteiger partial charge in [0.05, 0.1) is 0 Å². The Kier molecular flexibility index (Phi) is 6.31. The maximum atomic E-state index is 6.07. The zero-order valence-electron chi connectivity index (χ0n) is 15.1. The van der Waals surface area contributed by atoms with Crippen LogP contribution in [0.25, 0.3) is 10.8 Å². The van der Waals surface area contributed by atoms with Crippen molar-refractivity contribution in [2.24, 2.45) is 11.7 Å². The lowest BCUT2D eigenvalue weighted by Crippen LogP contribution is -2.25. The van der Waals surface area contributed by atoms with Crippen LogP contribution in [0.15, 0.2) is 72.8 Å². The monoisotopic (exact) mass is 366 g/mol. The van der Waals surface area contributed by atoms with Crippen molar-refractivity contribution >= 4 is 23.2 Å². The van der Waals surface area contributed by atoms with Crippen molar-refractivity contribution in [2.75, 3.05) is 26.2 Å². The second kappa shape index (κ2) is 8.68. The number of rotatable bonds is 5. The molecular weight excluding hydrogens is 340 g/mol. The van der Waals surface area contributed by atoms with Crippen LogP contribution < -0.4 is 5.73 Å². The summed E-state index contributed by atoms with van der Waals surface area (Å²) in [4.78, 5) is 2.59. The lowest BCUT2D eigenvalue weighted by molar-refractivity contribution is 0.329. The van der Waals surface area contributed by atoms with Gasteiger partial charge in [-0.05, 0) is 40.8 Å². The Hall–Kier alpha value is -1.87. The first-order valence-corrected chi connectivity index (χ1v) is 9.28. The summed E-state index contributed by atoms with van der Waals surface area (Å²) in [5.74, 6) is 1.14. The predicted octanol–water partition coefficient (Wildman–Crippen LogP) is 4.48. The van der Waals surface area contributed by atoms with Crippen molar-refractivity contribution in [3.8, 4) is 0 Å². The number of nitrogens with two attached hydrogens (primary N) is 1. The van der Waals surface area contributed by atoms with Gasteiger partial charge in [-0.25, -0.2) is 0 Å². The molecule has 0 amide bonds. The van der Waals surface area contributed by atoms with Crippen molar-refractivity contribution < 1.29 is 0 Å². The molecule has 0 aromatic heterocycles. The van der Waals surface area contributed by atoms with E-state index in [1.165, 1.54) is 21.9 Å². The first kappa shape index (κ1) is 18.9. The summed E-state index contributed by atoms with van der Waals surface area (Å²) in [5.41, 5.74) is 8.93. The van der Waals surface area contributed by atoms with E-state index in [1.54, 1.807) is 0 Å².